The fraction of sp³-hybridized carbons (Fsp3) is 0.0909. The van der Waals surface area contributed by atoms with Crippen LogP contribution in [0.15, 0.2) is 54.0 Å². The average Bonchev–Trinajstić information content (AvgIpc) is 3.55. The molecule has 0 bridgehead atoms. The van der Waals surface area contributed by atoms with Crippen LogP contribution < -0.4 is 5.32 Å². The number of anilines is 1. The molecular weight excluding hydrogens is 560 g/mol. The number of hydrogen-bond donors (Lipinski definition) is 1. The number of amides is 1. The third-order valence-electron chi connectivity index (χ3n) is 5.02. The van der Waals surface area contributed by atoms with Crippen molar-refractivity contribution < 1.29 is 18.0 Å². The Bertz CT molecular complexity index is 1600. The van der Waals surface area contributed by atoms with Crippen molar-refractivity contribution in [3.8, 4) is 10.6 Å². The SMILES string of the molecule is O=C(Nc1nn(Cc2ccc(Cl)cc2Cl)cc1Cl)c1cc2nc(-c3cccs3)cc(C(F)(F)F)n2n1. The number of benzene rings is 1. The molecule has 1 N–H and O–H groups in total. The summed E-state index contributed by atoms with van der Waals surface area (Å²) in [5.41, 5.74) is -0.641. The highest BCUT2D eigenvalue weighted by molar-refractivity contribution is 7.13. The number of thiophene rings is 1. The predicted molar refractivity (Wildman–Crippen MR) is 132 cm³/mol. The number of nitrogens with zero attached hydrogens (tertiary/aromatic N) is 5. The summed E-state index contributed by atoms with van der Waals surface area (Å²) in [4.78, 5) is 17.6. The largest absolute Gasteiger partial charge is 0.433 e. The van der Waals surface area contributed by atoms with Crippen molar-refractivity contribution in [3.63, 3.8) is 0 Å². The minimum Gasteiger partial charge on any atom is -0.302 e. The lowest BCUT2D eigenvalue weighted by Gasteiger charge is -2.10. The fourth-order valence-corrected chi connectivity index (χ4v) is 4.75. The van der Waals surface area contributed by atoms with E-state index in [1.807, 2.05) is 0 Å². The van der Waals surface area contributed by atoms with Crippen molar-refractivity contribution >= 4 is 63.5 Å². The molecular formula is C22H12Cl3F3N6OS. The van der Waals surface area contributed by atoms with Crippen LogP contribution in [-0.4, -0.2) is 30.3 Å². The Morgan fingerprint density at radius 2 is 1.86 bits per heavy atom. The Labute approximate surface area is 220 Å². The maximum absolute atomic E-state index is 13.7. The summed E-state index contributed by atoms with van der Waals surface area (Å²) in [5.74, 6) is -0.796. The molecule has 0 aliphatic rings. The van der Waals surface area contributed by atoms with E-state index in [1.165, 1.54) is 28.3 Å². The molecule has 1 aromatic carbocycles. The van der Waals surface area contributed by atoms with Crippen LogP contribution in [-0.2, 0) is 12.7 Å². The Kier molecular flexibility index (Phi) is 6.41. The molecule has 36 heavy (non-hydrogen) atoms. The Hall–Kier alpha value is -3.12. The van der Waals surface area contributed by atoms with Crippen molar-refractivity contribution in [1.82, 2.24) is 24.4 Å². The van der Waals surface area contributed by atoms with Gasteiger partial charge in [0.2, 0.25) is 0 Å². The molecule has 0 atom stereocenters. The minimum absolute atomic E-state index is 0.00656. The number of hydrogen-bond acceptors (Lipinski definition) is 5. The number of fused-ring (bicyclic) bond motifs is 1. The van der Waals surface area contributed by atoms with Crippen molar-refractivity contribution in [1.29, 1.82) is 0 Å². The van der Waals surface area contributed by atoms with E-state index in [0.717, 1.165) is 6.07 Å². The molecule has 0 radical (unpaired) electrons. The first kappa shape index (κ1) is 24.6. The van der Waals surface area contributed by atoms with Crippen molar-refractivity contribution in [2.75, 3.05) is 5.32 Å². The molecule has 4 heterocycles. The first-order valence-electron chi connectivity index (χ1n) is 10.1. The van der Waals surface area contributed by atoms with Gasteiger partial charge in [-0.05, 0) is 35.2 Å². The van der Waals surface area contributed by atoms with Crippen LogP contribution in [0.5, 0.6) is 0 Å². The monoisotopic (exact) mass is 570 g/mol. The number of halogens is 6. The summed E-state index contributed by atoms with van der Waals surface area (Å²) >= 11 is 19.6. The van der Waals surface area contributed by atoms with Gasteiger partial charge in [-0.25, -0.2) is 9.50 Å². The second-order valence-electron chi connectivity index (χ2n) is 7.51. The van der Waals surface area contributed by atoms with E-state index in [9.17, 15) is 18.0 Å². The number of alkyl halides is 3. The molecule has 14 heteroatoms. The van der Waals surface area contributed by atoms with E-state index in [-0.39, 0.29) is 34.4 Å². The van der Waals surface area contributed by atoms with Gasteiger partial charge in [-0.1, -0.05) is 46.9 Å². The van der Waals surface area contributed by atoms with E-state index in [2.05, 4.69) is 20.5 Å². The van der Waals surface area contributed by atoms with Crippen LogP contribution >= 0.6 is 46.1 Å². The third-order valence-corrected chi connectivity index (χ3v) is 6.78. The Balaban J connectivity index is 1.43. The first-order chi connectivity index (χ1) is 17.1. The zero-order chi connectivity index (χ0) is 25.6. The van der Waals surface area contributed by atoms with Gasteiger partial charge in [0.15, 0.2) is 22.9 Å². The van der Waals surface area contributed by atoms with Crippen LogP contribution in [0.25, 0.3) is 16.2 Å². The molecule has 5 rings (SSSR count). The highest BCUT2D eigenvalue weighted by Gasteiger charge is 2.36. The lowest BCUT2D eigenvalue weighted by atomic mass is 10.2. The highest BCUT2D eigenvalue weighted by Crippen LogP contribution is 2.33. The number of rotatable bonds is 5. The summed E-state index contributed by atoms with van der Waals surface area (Å²) in [5, 5.41) is 13.3. The van der Waals surface area contributed by atoms with Gasteiger partial charge in [-0.15, -0.1) is 11.3 Å². The summed E-state index contributed by atoms with van der Waals surface area (Å²) in [6.07, 6.45) is -3.25. The maximum Gasteiger partial charge on any atom is 0.433 e. The lowest BCUT2D eigenvalue weighted by Crippen LogP contribution is -2.16. The van der Waals surface area contributed by atoms with Gasteiger partial charge in [0.05, 0.1) is 17.1 Å². The molecule has 1 amide bonds. The summed E-state index contributed by atoms with van der Waals surface area (Å²) in [7, 11) is 0. The fourth-order valence-electron chi connectivity index (χ4n) is 3.40. The molecule has 184 valence electrons. The van der Waals surface area contributed by atoms with E-state index in [1.54, 1.807) is 35.7 Å². The second-order valence-corrected chi connectivity index (χ2v) is 9.71. The topological polar surface area (TPSA) is 77.1 Å². The minimum atomic E-state index is -4.72. The Morgan fingerprint density at radius 1 is 1.06 bits per heavy atom. The quantitative estimate of drug-likeness (QED) is 0.248. The predicted octanol–water partition coefficient (Wildman–Crippen LogP) is 6.93. The standard InChI is InChI=1S/C22H12Cl3F3N6OS/c23-12-4-3-11(13(24)6-12)9-33-10-14(25)20(32-33)30-21(35)16-8-19-29-15(17-2-1-5-36-17)7-18(22(26,27)28)34(19)31-16/h1-8,10H,9H2,(H,30,32,35). The van der Waals surface area contributed by atoms with Gasteiger partial charge in [-0.3, -0.25) is 9.48 Å². The summed E-state index contributed by atoms with van der Waals surface area (Å²) in [6.45, 7) is 0.240. The third kappa shape index (κ3) is 4.92. The van der Waals surface area contributed by atoms with Gasteiger partial charge < -0.3 is 5.32 Å². The molecule has 0 saturated carbocycles. The van der Waals surface area contributed by atoms with Gasteiger partial charge in [0, 0.05) is 22.3 Å². The van der Waals surface area contributed by atoms with E-state index >= 15 is 0 Å². The van der Waals surface area contributed by atoms with Gasteiger partial charge in [0.1, 0.15) is 5.02 Å². The van der Waals surface area contributed by atoms with E-state index in [4.69, 9.17) is 34.8 Å². The van der Waals surface area contributed by atoms with Gasteiger partial charge >= 0.3 is 6.18 Å². The molecule has 0 unspecified atom stereocenters. The highest BCUT2D eigenvalue weighted by atomic mass is 35.5. The summed E-state index contributed by atoms with van der Waals surface area (Å²) < 4.78 is 43.3. The van der Waals surface area contributed by atoms with Crippen molar-refractivity contribution in [2.24, 2.45) is 0 Å². The molecule has 5 aromatic rings. The van der Waals surface area contributed by atoms with Crippen molar-refractivity contribution in [2.45, 2.75) is 12.7 Å². The molecule has 0 aliphatic carbocycles. The van der Waals surface area contributed by atoms with Gasteiger partial charge in [0.25, 0.3) is 5.91 Å². The number of carbonyl (C=O) groups excluding carboxylic acids is 1. The smallest absolute Gasteiger partial charge is 0.302 e. The van der Waals surface area contributed by atoms with Crippen LogP contribution in [0.1, 0.15) is 21.7 Å². The van der Waals surface area contributed by atoms with E-state index < -0.39 is 17.8 Å². The number of nitrogens with one attached hydrogen (secondary N) is 1. The zero-order valence-corrected chi connectivity index (χ0v) is 20.8. The number of aromatic nitrogens is 5. The molecule has 0 fully saturated rings. The number of carbonyl (C=O) groups is 1. The molecule has 7 nitrogen and oxygen atoms in total. The molecule has 4 aromatic heterocycles. The first-order valence-corrected chi connectivity index (χ1v) is 12.1. The Morgan fingerprint density at radius 3 is 2.56 bits per heavy atom. The summed E-state index contributed by atoms with van der Waals surface area (Å²) in [6, 6.07) is 10.4. The molecule has 0 aliphatic heterocycles. The molecule has 0 spiro atoms. The van der Waals surface area contributed by atoms with Crippen LogP contribution in [0.3, 0.4) is 0 Å². The molecule has 0 saturated heterocycles. The zero-order valence-electron chi connectivity index (χ0n) is 17.7. The van der Waals surface area contributed by atoms with Crippen LogP contribution in [0, 0.1) is 0 Å². The normalized spacial score (nSPS) is 11.8. The van der Waals surface area contributed by atoms with E-state index in [0.29, 0.717) is 25.0 Å². The second kappa shape index (κ2) is 9.40. The maximum atomic E-state index is 13.7. The van der Waals surface area contributed by atoms with Crippen LogP contribution in [0.2, 0.25) is 15.1 Å². The average molecular weight is 572 g/mol. The van der Waals surface area contributed by atoms with Crippen LogP contribution in [0.4, 0.5) is 19.0 Å². The van der Waals surface area contributed by atoms with Gasteiger partial charge in [-0.2, -0.15) is 23.4 Å². The van der Waals surface area contributed by atoms with Crippen molar-refractivity contribution in [3.05, 3.63) is 86.1 Å². The lowest BCUT2D eigenvalue weighted by molar-refractivity contribution is -0.142.